The number of hydrogen-bond donors (Lipinski definition) is 2. The number of aromatic amines is 1. The molecule has 23 heavy (non-hydrogen) atoms. The van der Waals surface area contributed by atoms with Crippen LogP contribution in [0, 0.1) is 0 Å². The lowest BCUT2D eigenvalue weighted by Crippen LogP contribution is -2.40. The highest BCUT2D eigenvalue weighted by molar-refractivity contribution is 8.00. The van der Waals surface area contributed by atoms with Gasteiger partial charge >= 0.3 is 0 Å². The lowest BCUT2D eigenvalue weighted by atomic mass is 9.95. The van der Waals surface area contributed by atoms with E-state index >= 15 is 0 Å². The van der Waals surface area contributed by atoms with Gasteiger partial charge in [0.1, 0.15) is 5.82 Å². The maximum Gasteiger partial charge on any atom is 0.233 e. The molecule has 1 fully saturated rings. The zero-order valence-corrected chi connectivity index (χ0v) is 14.9. The minimum absolute atomic E-state index is 0.0894. The zero-order valence-electron chi connectivity index (χ0n) is 13.2. The van der Waals surface area contributed by atoms with Gasteiger partial charge in [0.2, 0.25) is 11.1 Å². The molecular weight excluding hydrogens is 328 g/mol. The summed E-state index contributed by atoms with van der Waals surface area (Å²) < 4.78 is 0. The normalized spacial score (nSPS) is 17.1. The minimum Gasteiger partial charge on any atom is -0.352 e. The van der Waals surface area contributed by atoms with Crippen molar-refractivity contribution in [3.8, 4) is 0 Å². The Morgan fingerprint density at radius 2 is 2.30 bits per heavy atom. The Balaban J connectivity index is 1.49. The number of carbonyl (C=O) groups is 1. The summed E-state index contributed by atoms with van der Waals surface area (Å²) in [7, 11) is 0. The van der Waals surface area contributed by atoms with Gasteiger partial charge in [-0.25, -0.2) is 4.98 Å². The molecule has 1 saturated carbocycles. The van der Waals surface area contributed by atoms with Crippen LogP contribution < -0.4 is 5.32 Å². The molecule has 0 aliphatic heterocycles. The van der Waals surface area contributed by atoms with Crippen molar-refractivity contribution in [2.75, 3.05) is 0 Å². The Hall–Kier alpha value is -1.34. The molecule has 2 heterocycles. The largest absolute Gasteiger partial charge is 0.352 e. The molecule has 1 atom stereocenters. The lowest BCUT2D eigenvalue weighted by Gasteiger charge is -2.24. The number of aromatic nitrogens is 3. The number of thioether (sulfide) groups is 1. The van der Waals surface area contributed by atoms with Gasteiger partial charge in [-0.2, -0.15) is 0 Å². The van der Waals surface area contributed by atoms with Gasteiger partial charge in [-0.3, -0.25) is 9.89 Å². The first-order chi connectivity index (χ1) is 11.2. The van der Waals surface area contributed by atoms with Crippen LogP contribution in [-0.2, 0) is 11.2 Å². The van der Waals surface area contributed by atoms with Crippen LogP contribution in [0.15, 0.2) is 22.7 Å². The second kappa shape index (κ2) is 7.97. The summed E-state index contributed by atoms with van der Waals surface area (Å²) in [5.74, 6) is 0.932. The summed E-state index contributed by atoms with van der Waals surface area (Å²) in [5.41, 5.74) is 0. The van der Waals surface area contributed by atoms with Crippen LogP contribution in [0.3, 0.4) is 0 Å². The van der Waals surface area contributed by atoms with E-state index in [1.807, 2.05) is 13.0 Å². The van der Waals surface area contributed by atoms with Gasteiger partial charge in [0.15, 0.2) is 0 Å². The van der Waals surface area contributed by atoms with Crippen molar-refractivity contribution in [1.82, 2.24) is 20.5 Å². The predicted molar refractivity (Wildman–Crippen MR) is 93.8 cm³/mol. The summed E-state index contributed by atoms with van der Waals surface area (Å²) in [6, 6.07) is 4.46. The molecule has 1 amide bonds. The fraction of sp³-hybridized carbons (Fsp3) is 0.562. The Labute approximate surface area is 144 Å². The average Bonchev–Trinajstić information content (AvgIpc) is 3.21. The first-order valence-corrected chi connectivity index (χ1v) is 9.87. The van der Waals surface area contributed by atoms with Crippen LogP contribution in [0.25, 0.3) is 0 Å². The van der Waals surface area contributed by atoms with Crippen molar-refractivity contribution in [1.29, 1.82) is 0 Å². The number of amides is 1. The van der Waals surface area contributed by atoms with Gasteiger partial charge < -0.3 is 5.32 Å². The molecule has 2 aromatic heterocycles. The predicted octanol–water partition coefficient (Wildman–Crippen LogP) is 3.39. The van der Waals surface area contributed by atoms with Gasteiger partial charge in [0.25, 0.3) is 0 Å². The van der Waals surface area contributed by atoms with Crippen LogP contribution >= 0.6 is 23.1 Å². The van der Waals surface area contributed by atoms with Gasteiger partial charge in [0.05, 0.1) is 5.25 Å². The topological polar surface area (TPSA) is 70.7 Å². The third kappa shape index (κ3) is 4.81. The molecule has 5 nitrogen and oxygen atoms in total. The summed E-state index contributed by atoms with van der Waals surface area (Å²) in [6.07, 6.45) is 6.71. The summed E-state index contributed by atoms with van der Waals surface area (Å²) in [6.45, 7) is 1.91. The van der Waals surface area contributed by atoms with E-state index in [1.165, 1.54) is 35.9 Å². The number of nitrogens with zero attached hydrogens (tertiary/aromatic N) is 2. The van der Waals surface area contributed by atoms with E-state index in [2.05, 4.69) is 31.9 Å². The highest BCUT2D eigenvalue weighted by Gasteiger charge is 2.21. The number of nitrogens with one attached hydrogen (secondary N) is 2. The Bertz CT molecular complexity index is 620. The summed E-state index contributed by atoms with van der Waals surface area (Å²) in [4.78, 5) is 18.0. The van der Waals surface area contributed by atoms with E-state index in [0.717, 1.165) is 25.1 Å². The molecule has 2 aromatic rings. The van der Waals surface area contributed by atoms with Crippen molar-refractivity contribution in [3.63, 3.8) is 0 Å². The Morgan fingerprint density at radius 1 is 1.48 bits per heavy atom. The molecule has 1 aliphatic rings. The molecule has 3 rings (SSSR count). The molecule has 2 N–H and O–H groups in total. The smallest absolute Gasteiger partial charge is 0.233 e. The average molecular weight is 351 g/mol. The van der Waals surface area contributed by atoms with Crippen LogP contribution in [0.4, 0.5) is 0 Å². The maximum absolute atomic E-state index is 12.3. The van der Waals surface area contributed by atoms with Crippen LogP contribution in [0.1, 0.15) is 49.7 Å². The molecule has 0 aromatic carbocycles. The second-order valence-electron chi connectivity index (χ2n) is 5.92. The quantitative estimate of drug-likeness (QED) is 0.784. The molecule has 124 valence electrons. The van der Waals surface area contributed by atoms with Crippen molar-refractivity contribution < 1.29 is 4.79 Å². The molecule has 0 spiro atoms. The number of thiophene rings is 1. The minimum atomic E-state index is -0.178. The molecule has 0 saturated heterocycles. The van der Waals surface area contributed by atoms with E-state index in [1.54, 1.807) is 11.3 Å². The van der Waals surface area contributed by atoms with E-state index in [0.29, 0.717) is 11.2 Å². The summed E-state index contributed by atoms with van der Waals surface area (Å²) in [5, 5.41) is 12.9. The van der Waals surface area contributed by atoms with Crippen LogP contribution in [-0.4, -0.2) is 32.4 Å². The lowest BCUT2D eigenvalue weighted by molar-refractivity contribution is -0.121. The Kier molecular flexibility index (Phi) is 5.72. The number of H-pyrrole nitrogens is 1. The second-order valence-corrected chi connectivity index (χ2v) is 8.26. The summed E-state index contributed by atoms with van der Waals surface area (Å²) >= 11 is 3.12. The number of hydrogen-bond acceptors (Lipinski definition) is 5. The van der Waals surface area contributed by atoms with Crippen LogP contribution in [0.5, 0.6) is 0 Å². The van der Waals surface area contributed by atoms with Crippen LogP contribution in [0.2, 0.25) is 0 Å². The first kappa shape index (κ1) is 16.5. The third-order valence-corrected chi connectivity index (χ3v) is 5.87. The third-order valence-electron chi connectivity index (χ3n) is 4.04. The van der Waals surface area contributed by atoms with Crippen molar-refractivity contribution in [2.45, 2.75) is 61.9 Å². The highest BCUT2D eigenvalue weighted by Crippen LogP contribution is 2.22. The SMILES string of the molecule is CC(Sc1n[nH]c(Cc2cccs2)n1)C(=O)NC1CCCCC1. The highest BCUT2D eigenvalue weighted by atomic mass is 32.2. The number of carbonyl (C=O) groups excluding carboxylic acids is 1. The van der Waals surface area contributed by atoms with Crippen molar-refractivity contribution in [3.05, 3.63) is 28.2 Å². The number of rotatable bonds is 6. The van der Waals surface area contributed by atoms with Gasteiger partial charge in [-0.15, -0.1) is 16.4 Å². The van der Waals surface area contributed by atoms with Gasteiger partial charge in [0, 0.05) is 17.3 Å². The Morgan fingerprint density at radius 3 is 3.04 bits per heavy atom. The molecule has 7 heteroatoms. The van der Waals surface area contributed by atoms with Gasteiger partial charge in [-0.05, 0) is 31.2 Å². The molecular formula is C16H22N4OS2. The standard InChI is InChI=1S/C16H22N4OS2/c1-11(15(21)17-12-6-3-2-4-7-12)23-16-18-14(19-20-16)10-13-8-5-9-22-13/h5,8-9,11-12H,2-4,6-7,10H2,1H3,(H,17,21)(H,18,19,20). The fourth-order valence-corrected chi connectivity index (χ4v) is 4.23. The van der Waals surface area contributed by atoms with Crippen molar-refractivity contribution in [2.24, 2.45) is 0 Å². The van der Waals surface area contributed by atoms with E-state index < -0.39 is 0 Å². The van der Waals surface area contributed by atoms with E-state index in [-0.39, 0.29) is 11.2 Å². The molecule has 1 unspecified atom stereocenters. The molecule has 0 radical (unpaired) electrons. The first-order valence-electron chi connectivity index (χ1n) is 8.11. The van der Waals surface area contributed by atoms with Gasteiger partial charge in [-0.1, -0.05) is 37.1 Å². The molecule has 1 aliphatic carbocycles. The maximum atomic E-state index is 12.3. The monoisotopic (exact) mass is 350 g/mol. The van der Waals surface area contributed by atoms with E-state index in [4.69, 9.17) is 0 Å². The fourth-order valence-electron chi connectivity index (χ4n) is 2.76. The van der Waals surface area contributed by atoms with Crippen molar-refractivity contribution >= 4 is 29.0 Å². The molecule has 0 bridgehead atoms. The van der Waals surface area contributed by atoms with E-state index in [9.17, 15) is 4.79 Å². The zero-order chi connectivity index (χ0) is 16.1.